The second-order valence-electron chi connectivity index (χ2n) is 4.12. The molecule has 0 aromatic heterocycles. The maximum atomic E-state index is 12.1. The first-order valence-corrected chi connectivity index (χ1v) is 6.51. The lowest BCUT2D eigenvalue weighted by Gasteiger charge is -2.29. The van der Waals surface area contributed by atoms with E-state index in [1.165, 1.54) is 7.11 Å². The Kier molecular flexibility index (Phi) is 6.10. The van der Waals surface area contributed by atoms with Crippen molar-refractivity contribution in [3.63, 3.8) is 0 Å². The molecule has 0 aliphatic rings. The van der Waals surface area contributed by atoms with Gasteiger partial charge in [0.05, 0.1) is 7.11 Å². The second kappa shape index (κ2) is 7.36. The smallest absolute Gasteiger partial charge is 0.330 e. The Labute approximate surface area is 126 Å². The third kappa shape index (κ3) is 3.77. The molecular weight excluding hydrogens is 303 g/mol. The van der Waals surface area contributed by atoms with Crippen LogP contribution in [0, 0.1) is 0 Å². The molecule has 0 heterocycles. The summed E-state index contributed by atoms with van der Waals surface area (Å²) in [4.78, 5) is 14.7. The number of hydrogen-bond acceptors (Lipinski definition) is 4. The van der Waals surface area contributed by atoms with Gasteiger partial charge in [-0.05, 0) is 24.6 Å². The van der Waals surface area contributed by atoms with Crippen LogP contribution < -0.4 is 5.32 Å². The summed E-state index contributed by atoms with van der Waals surface area (Å²) in [5.41, 5.74) is 7.63. The lowest BCUT2D eigenvalue weighted by molar-refractivity contribution is -0.148. The predicted octanol–water partition coefficient (Wildman–Crippen LogP) is 3.28. The lowest BCUT2D eigenvalue weighted by Crippen LogP contribution is -2.48. The van der Waals surface area contributed by atoms with E-state index in [2.05, 4.69) is 15.3 Å². The SMILES string of the molecule is COC(=O)C(C)(NCCN=[N+]=[N-])c1ccc(Cl)cc1Cl. The van der Waals surface area contributed by atoms with Gasteiger partial charge in [-0.1, -0.05) is 34.4 Å². The van der Waals surface area contributed by atoms with Crippen LogP contribution in [0.5, 0.6) is 0 Å². The largest absolute Gasteiger partial charge is 0.467 e. The van der Waals surface area contributed by atoms with Gasteiger partial charge >= 0.3 is 5.97 Å². The summed E-state index contributed by atoms with van der Waals surface area (Å²) in [6.45, 7) is 2.15. The Balaban J connectivity index is 3.09. The number of carbonyl (C=O) groups excluding carboxylic acids is 1. The zero-order chi connectivity index (χ0) is 15.2. The molecule has 0 saturated heterocycles. The van der Waals surface area contributed by atoms with Crippen LogP contribution in [-0.4, -0.2) is 26.2 Å². The van der Waals surface area contributed by atoms with Crippen LogP contribution in [0.3, 0.4) is 0 Å². The van der Waals surface area contributed by atoms with Gasteiger partial charge in [-0.2, -0.15) is 0 Å². The van der Waals surface area contributed by atoms with E-state index in [0.717, 1.165) is 0 Å². The molecule has 0 radical (unpaired) electrons. The van der Waals surface area contributed by atoms with E-state index in [4.69, 9.17) is 33.5 Å². The number of carbonyl (C=O) groups is 1. The fourth-order valence-electron chi connectivity index (χ4n) is 1.78. The Morgan fingerprint density at radius 2 is 2.25 bits per heavy atom. The van der Waals surface area contributed by atoms with E-state index in [-0.39, 0.29) is 6.54 Å². The molecule has 0 spiro atoms. The first kappa shape index (κ1) is 16.6. The molecule has 1 atom stereocenters. The van der Waals surface area contributed by atoms with Crippen molar-refractivity contribution in [2.75, 3.05) is 20.2 Å². The molecule has 0 saturated carbocycles. The molecule has 1 rings (SSSR count). The third-order valence-corrected chi connectivity index (χ3v) is 3.36. The topological polar surface area (TPSA) is 87.1 Å². The highest BCUT2D eigenvalue weighted by atomic mass is 35.5. The second-order valence-corrected chi connectivity index (χ2v) is 4.97. The van der Waals surface area contributed by atoms with E-state index in [1.54, 1.807) is 25.1 Å². The molecule has 0 bridgehead atoms. The number of esters is 1. The molecule has 0 aliphatic heterocycles. The molecule has 1 aromatic rings. The lowest BCUT2D eigenvalue weighted by atomic mass is 9.92. The summed E-state index contributed by atoms with van der Waals surface area (Å²) in [5, 5.41) is 7.21. The van der Waals surface area contributed by atoms with Crippen LogP contribution in [0.2, 0.25) is 10.0 Å². The first-order valence-electron chi connectivity index (χ1n) is 5.75. The van der Waals surface area contributed by atoms with Crippen molar-refractivity contribution in [3.05, 3.63) is 44.3 Å². The molecule has 0 amide bonds. The minimum absolute atomic E-state index is 0.203. The van der Waals surface area contributed by atoms with Crippen LogP contribution in [0.1, 0.15) is 12.5 Å². The summed E-state index contributed by atoms with van der Waals surface area (Å²) < 4.78 is 4.82. The molecule has 1 aromatic carbocycles. The average Bonchev–Trinajstić information content (AvgIpc) is 2.42. The molecule has 0 aliphatic carbocycles. The van der Waals surface area contributed by atoms with Crippen LogP contribution in [0.25, 0.3) is 10.4 Å². The van der Waals surface area contributed by atoms with Crippen molar-refractivity contribution in [1.82, 2.24) is 5.32 Å². The number of nitrogens with one attached hydrogen (secondary N) is 1. The summed E-state index contributed by atoms with van der Waals surface area (Å²) in [6.07, 6.45) is 0. The van der Waals surface area contributed by atoms with Crippen LogP contribution in [-0.2, 0) is 15.1 Å². The summed E-state index contributed by atoms with van der Waals surface area (Å²) in [7, 11) is 1.29. The number of halogens is 2. The number of rotatable bonds is 6. The van der Waals surface area contributed by atoms with Gasteiger partial charge < -0.3 is 4.74 Å². The minimum Gasteiger partial charge on any atom is -0.467 e. The predicted molar refractivity (Wildman–Crippen MR) is 77.8 cm³/mol. The average molecular weight is 317 g/mol. The fourth-order valence-corrected chi connectivity index (χ4v) is 2.37. The number of benzene rings is 1. The third-order valence-electron chi connectivity index (χ3n) is 2.82. The van der Waals surface area contributed by atoms with Gasteiger partial charge in [0.2, 0.25) is 0 Å². The number of nitrogens with zero attached hydrogens (tertiary/aromatic N) is 3. The van der Waals surface area contributed by atoms with Crippen LogP contribution >= 0.6 is 23.2 Å². The number of hydrogen-bond donors (Lipinski definition) is 1. The van der Waals surface area contributed by atoms with Gasteiger partial charge in [-0.3, -0.25) is 5.32 Å². The molecule has 20 heavy (non-hydrogen) atoms. The highest BCUT2D eigenvalue weighted by Gasteiger charge is 2.37. The minimum atomic E-state index is -1.15. The van der Waals surface area contributed by atoms with E-state index < -0.39 is 11.5 Å². The summed E-state index contributed by atoms with van der Waals surface area (Å²) in [5.74, 6) is -0.498. The number of methoxy groups -OCH3 is 1. The normalized spacial score (nSPS) is 13.2. The standard InChI is InChI=1S/C12H14Cl2N4O2/c1-12(11(19)20-2,16-5-6-17-18-15)9-4-3-8(13)7-10(9)14/h3-4,7,16H,5-6H2,1-2H3. The van der Waals surface area contributed by atoms with Gasteiger partial charge in [-0.25, -0.2) is 4.79 Å². The molecule has 0 fully saturated rings. The van der Waals surface area contributed by atoms with Gasteiger partial charge in [0.15, 0.2) is 0 Å². The number of azide groups is 1. The zero-order valence-corrected chi connectivity index (χ0v) is 12.6. The summed E-state index contributed by atoms with van der Waals surface area (Å²) >= 11 is 12.0. The number of ether oxygens (including phenoxy) is 1. The van der Waals surface area contributed by atoms with E-state index in [0.29, 0.717) is 22.2 Å². The van der Waals surface area contributed by atoms with Crippen molar-refractivity contribution in [2.24, 2.45) is 5.11 Å². The molecular formula is C12H14Cl2N4O2. The maximum absolute atomic E-state index is 12.1. The molecule has 1 unspecified atom stereocenters. The Bertz CT molecular complexity index is 546. The fraction of sp³-hybridized carbons (Fsp3) is 0.417. The van der Waals surface area contributed by atoms with Gasteiger partial charge in [-0.15, -0.1) is 0 Å². The highest BCUT2D eigenvalue weighted by Crippen LogP contribution is 2.31. The van der Waals surface area contributed by atoms with Gasteiger partial charge in [0.1, 0.15) is 5.54 Å². The summed E-state index contributed by atoms with van der Waals surface area (Å²) in [6, 6.07) is 4.84. The van der Waals surface area contributed by atoms with Crippen molar-refractivity contribution in [2.45, 2.75) is 12.5 Å². The van der Waals surface area contributed by atoms with Gasteiger partial charge in [0.25, 0.3) is 0 Å². The van der Waals surface area contributed by atoms with Gasteiger partial charge in [0, 0.05) is 33.6 Å². The Morgan fingerprint density at radius 1 is 1.55 bits per heavy atom. The zero-order valence-electron chi connectivity index (χ0n) is 11.1. The molecule has 8 heteroatoms. The molecule has 108 valence electrons. The van der Waals surface area contributed by atoms with Crippen LogP contribution in [0.4, 0.5) is 0 Å². The van der Waals surface area contributed by atoms with Crippen LogP contribution in [0.15, 0.2) is 23.3 Å². The Hall–Kier alpha value is -1.46. The van der Waals surface area contributed by atoms with E-state index >= 15 is 0 Å². The quantitative estimate of drug-likeness (QED) is 0.287. The monoisotopic (exact) mass is 316 g/mol. The van der Waals surface area contributed by atoms with Crippen molar-refractivity contribution < 1.29 is 9.53 Å². The molecule has 1 N–H and O–H groups in total. The van der Waals surface area contributed by atoms with Crippen molar-refractivity contribution in [3.8, 4) is 0 Å². The first-order chi connectivity index (χ1) is 9.45. The molecule has 6 nitrogen and oxygen atoms in total. The Morgan fingerprint density at radius 3 is 2.80 bits per heavy atom. The highest BCUT2D eigenvalue weighted by molar-refractivity contribution is 6.35. The van der Waals surface area contributed by atoms with E-state index in [1.807, 2.05) is 0 Å². The van der Waals surface area contributed by atoms with E-state index in [9.17, 15) is 4.79 Å². The van der Waals surface area contributed by atoms with Crippen molar-refractivity contribution >= 4 is 29.2 Å². The maximum Gasteiger partial charge on any atom is 0.330 e. The van der Waals surface area contributed by atoms with Crippen molar-refractivity contribution in [1.29, 1.82) is 0 Å².